The van der Waals surface area contributed by atoms with Crippen molar-refractivity contribution < 1.29 is 9.72 Å². The average Bonchev–Trinajstić information content (AvgIpc) is 2.56. The molecule has 0 unspecified atom stereocenters. The van der Waals surface area contributed by atoms with Crippen molar-refractivity contribution in [3.05, 3.63) is 68.6 Å². The van der Waals surface area contributed by atoms with Gasteiger partial charge < -0.3 is 9.88 Å². The Kier molecular flexibility index (Phi) is 5.41. The smallest absolute Gasteiger partial charge is 0.285 e. The van der Waals surface area contributed by atoms with E-state index in [4.69, 9.17) is 5.26 Å². The maximum absolute atomic E-state index is 11.9. The molecule has 8 nitrogen and oxygen atoms in total. The summed E-state index contributed by atoms with van der Waals surface area (Å²) in [6.45, 7) is 0.201. The Morgan fingerprint density at radius 3 is 2.83 bits per heavy atom. The fraction of sp³-hybridized carbons (Fsp3) is 0.188. The van der Waals surface area contributed by atoms with Gasteiger partial charge in [0.2, 0.25) is 5.91 Å². The number of nitro groups is 1. The van der Waals surface area contributed by atoms with Gasteiger partial charge in [0.15, 0.2) is 0 Å². The number of hydrogen-bond acceptors (Lipinski definition) is 5. The van der Waals surface area contributed by atoms with E-state index < -0.39 is 4.92 Å². The number of aromatic nitrogens is 1. The molecule has 0 aliphatic rings. The van der Waals surface area contributed by atoms with Gasteiger partial charge in [-0.25, -0.2) is 0 Å². The molecule has 2 rings (SSSR count). The first-order valence-electron chi connectivity index (χ1n) is 7.14. The standard InChI is InChI=1S/C16H14N4O4/c17-10-12-3-1-4-13(9-12)18-15(21)5-2-8-19-11-14(20(23)24)6-7-16(19)22/h1,3-4,6-7,9,11H,2,5,8H2,(H,18,21). The first kappa shape index (κ1) is 16.9. The van der Waals surface area contributed by atoms with Crippen LogP contribution in [0.4, 0.5) is 11.4 Å². The highest BCUT2D eigenvalue weighted by Gasteiger charge is 2.08. The van der Waals surface area contributed by atoms with Crippen LogP contribution in [0, 0.1) is 21.4 Å². The Balaban J connectivity index is 1.91. The van der Waals surface area contributed by atoms with E-state index >= 15 is 0 Å². The molecular weight excluding hydrogens is 312 g/mol. The van der Waals surface area contributed by atoms with Crippen molar-refractivity contribution in [1.82, 2.24) is 4.57 Å². The quantitative estimate of drug-likeness (QED) is 0.643. The number of nitrogens with zero attached hydrogens (tertiary/aromatic N) is 3. The minimum atomic E-state index is -0.579. The number of pyridine rings is 1. The summed E-state index contributed by atoms with van der Waals surface area (Å²) in [7, 11) is 0. The number of hydrogen-bond donors (Lipinski definition) is 1. The zero-order valence-electron chi connectivity index (χ0n) is 12.6. The van der Waals surface area contributed by atoms with E-state index in [0.717, 1.165) is 18.3 Å². The normalized spacial score (nSPS) is 9.96. The number of carbonyl (C=O) groups is 1. The molecule has 0 saturated carbocycles. The van der Waals surface area contributed by atoms with Gasteiger partial charge in [-0.3, -0.25) is 19.7 Å². The molecule has 0 bridgehead atoms. The molecule has 0 atom stereocenters. The van der Waals surface area contributed by atoms with E-state index in [1.807, 2.05) is 6.07 Å². The van der Waals surface area contributed by atoms with Gasteiger partial charge in [-0.1, -0.05) is 6.07 Å². The first-order chi connectivity index (χ1) is 11.5. The zero-order valence-corrected chi connectivity index (χ0v) is 12.6. The Morgan fingerprint density at radius 1 is 1.33 bits per heavy atom. The van der Waals surface area contributed by atoms with E-state index in [1.165, 1.54) is 4.57 Å². The van der Waals surface area contributed by atoms with Crippen LogP contribution in [0.25, 0.3) is 0 Å². The van der Waals surface area contributed by atoms with Crippen molar-refractivity contribution in [3.8, 4) is 6.07 Å². The molecule has 0 spiro atoms. The SMILES string of the molecule is N#Cc1cccc(NC(=O)CCCn2cc([N+](=O)[O-])ccc2=O)c1. The van der Waals surface area contributed by atoms with Crippen LogP contribution < -0.4 is 10.9 Å². The maximum atomic E-state index is 11.9. The summed E-state index contributed by atoms with van der Waals surface area (Å²) in [5.74, 6) is -0.261. The second kappa shape index (κ2) is 7.69. The van der Waals surface area contributed by atoms with Crippen molar-refractivity contribution in [2.75, 3.05) is 5.32 Å². The highest BCUT2D eigenvalue weighted by molar-refractivity contribution is 5.90. The van der Waals surface area contributed by atoms with Crippen molar-refractivity contribution in [2.45, 2.75) is 19.4 Å². The molecule has 0 saturated heterocycles. The van der Waals surface area contributed by atoms with E-state index in [-0.39, 0.29) is 30.1 Å². The molecule has 2 aromatic rings. The van der Waals surface area contributed by atoms with Crippen LogP contribution in [0.2, 0.25) is 0 Å². The minimum Gasteiger partial charge on any atom is -0.326 e. The Morgan fingerprint density at radius 2 is 2.12 bits per heavy atom. The highest BCUT2D eigenvalue weighted by Crippen LogP contribution is 2.11. The van der Waals surface area contributed by atoms with Crippen molar-refractivity contribution in [3.63, 3.8) is 0 Å². The fourth-order valence-electron chi connectivity index (χ4n) is 2.10. The molecule has 1 aromatic carbocycles. The summed E-state index contributed by atoms with van der Waals surface area (Å²) in [6.07, 6.45) is 1.66. The molecule has 0 fully saturated rings. The lowest BCUT2D eigenvalue weighted by Gasteiger charge is -2.07. The molecule has 1 aromatic heterocycles. The monoisotopic (exact) mass is 326 g/mol. The lowest BCUT2D eigenvalue weighted by atomic mass is 10.2. The Labute approximate surface area is 137 Å². The van der Waals surface area contributed by atoms with E-state index in [1.54, 1.807) is 24.3 Å². The first-order valence-corrected chi connectivity index (χ1v) is 7.14. The Hall–Kier alpha value is -3.47. The van der Waals surface area contributed by atoms with Gasteiger partial charge in [0.05, 0.1) is 22.8 Å². The van der Waals surface area contributed by atoms with Gasteiger partial charge >= 0.3 is 0 Å². The Bertz CT molecular complexity index is 867. The molecular formula is C16H14N4O4. The van der Waals surface area contributed by atoms with Crippen LogP contribution in [0.1, 0.15) is 18.4 Å². The molecule has 1 amide bonds. The molecule has 1 heterocycles. The number of rotatable bonds is 6. The minimum absolute atomic E-state index is 0.145. The number of carbonyl (C=O) groups excluding carboxylic acids is 1. The topological polar surface area (TPSA) is 118 Å². The van der Waals surface area contributed by atoms with Crippen molar-refractivity contribution in [2.24, 2.45) is 0 Å². The maximum Gasteiger partial charge on any atom is 0.285 e. The molecule has 0 radical (unpaired) electrons. The van der Waals surface area contributed by atoms with Crippen LogP contribution in [0.5, 0.6) is 0 Å². The number of aryl methyl sites for hydroxylation is 1. The molecule has 0 aliphatic heterocycles. The predicted molar refractivity (Wildman–Crippen MR) is 86.4 cm³/mol. The van der Waals surface area contributed by atoms with Gasteiger partial charge in [-0.15, -0.1) is 0 Å². The zero-order chi connectivity index (χ0) is 17.5. The summed E-state index contributed by atoms with van der Waals surface area (Å²) < 4.78 is 1.21. The highest BCUT2D eigenvalue weighted by atomic mass is 16.6. The summed E-state index contributed by atoms with van der Waals surface area (Å²) in [6, 6.07) is 10.8. The largest absolute Gasteiger partial charge is 0.326 e. The number of nitrogens with one attached hydrogen (secondary N) is 1. The van der Waals surface area contributed by atoms with Crippen molar-refractivity contribution >= 4 is 17.3 Å². The lowest BCUT2D eigenvalue weighted by Crippen LogP contribution is -2.20. The average molecular weight is 326 g/mol. The van der Waals surface area contributed by atoms with E-state index in [9.17, 15) is 19.7 Å². The lowest BCUT2D eigenvalue weighted by molar-refractivity contribution is -0.385. The molecule has 0 aliphatic carbocycles. The van der Waals surface area contributed by atoms with Gasteiger partial charge in [0.1, 0.15) is 0 Å². The van der Waals surface area contributed by atoms with E-state index in [0.29, 0.717) is 17.7 Å². The number of benzene rings is 1. The second-order valence-corrected chi connectivity index (χ2v) is 5.02. The van der Waals surface area contributed by atoms with Gasteiger partial charge in [0.25, 0.3) is 11.2 Å². The van der Waals surface area contributed by atoms with Crippen molar-refractivity contribution in [1.29, 1.82) is 5.26 Å². The number of amides is 1. The summed E-state index contributed by atoms with van der Waals surface area (Å²) in [4.78, 5) is 33.6. The molecule has 122 valence electrons. The third kappa shape index (κ3) is 4.51. The molecule has 24 heavy (non-hydrogen) atoms. The van der Waals surface area contributed by atoms with E-state index in [2.05, 4.69) is 5.32 Å². The number of nitriles is 1. The number of anilines is 1. The van der Waals surface area contributed by atoms with Crippen LogP contribution >= 0.6 is 0 Å². The summed E-state index contributed by atoms with van der Waals surface area (Å²) >= 11 is 0. The predicted octanol–water partition coefficient (Wildman–Crippen LogP) is 2.05. The van der Waals surface area contributed by atoms with Gasteiger partial charge in [-0.05, 0) is 24.6 Å². The van der Waals surface area contributed by atoms with Gasteiger partial charge in [0, 0.05) is 30.8 Å². The summed E-state index contributed by atoms with van der Waals surface area (Å²) in [5, 5.41) is 22.2. The molecule has 1 N–H and O–H groups in total. The second-order valence-electron chi connectivity index (χ2n) is 5.02. The molecule has 8 heteroatoms. The van der Waals surface area contributed by atoms with Crippen LogP contribution in [0.3, 0.4) is 0 Å². The fourth-order valence-corrected chi connectivity index (χ4v) is 2.10. The van der Waals surface area contributed by atoms with Crippen LogP contribution in [0.15, 0.2) is 47.4 Å². The third-order valence-electron chi connectivity index (χ3n) is 3.26. The van der Waals surface area contributed by atoms with Gasteiger partial charge in [-0.2, -0.15) is 5.26 Å². The van der Waals surface area contributed by atoms with Crippen LogP contribution in [-0.2, 0) is 11.3 Å². The van der Waals surface area contributed by atoms with Crippen LogP contribution in [-0.4, -0.2) is 15.4 Å². The third-order valence-corrected chi connectivity index (χ3v) is 3.26. The summed E-state index contributed by atoms with van der Waals surface area (Å²) in [5.41, 5.74) is 0.428.